The lowest BCUT2D eigenvalue weighted by Crippen LogP contribution is -2.08. The van der Waals surface area contributed by atoms with Crippen molar-refractivity contribution < 1.29 is 9.53 Å². The molecule has 1 heterocycles. The minimum atomic E-state index is 0.209. The standard InChI is InChI=1S/C14H13BrO2S/c15-11-8-14(18-10-11)9-12(16)6-7-17-13-4-2-1-3-5-13/h1-5,8,10H,6-7,9H2. The molecule has 0 aliphatic carbocycles. The van der Waals surface area contributed by atoms with Gasteiger partial charge < -0.3 is 4.74 Å². The normalized spacial score (nSPS) is 10.3. The van der Waals surface area contributed by atoms with E-state index >= 15 is 0 Å². The number of rotatable bonds is 6. The molecule has 2 nitrogen and oxygen atoms in total. The van der Waals surface area contributed by atoms with E-state index in [2.05, 4.69) is 15.9 Å². The first-order valence-electron chi connectivity index (χ1n) is 5.66. The number of para-hydroxylation sites is 1. The minimum Gasteiger partial charge on any atom is -0.493 e. The molecule has 0 bridgehead atoms. The van der Waals surface area contributed by atoms with Crippen LogP contribution in [0.4, 0.5) is 0 Å². The quantitative estimate of drug-likeness (QED) is 0.799. The van der Waals surface area contributed by atoms with E-state index in [-0.39, 0.29) is 5.78 Å². The third-order valence-corrected chi connectivity index (χ3v) is 4.08. The molecule has 0 saturated heterocycles. The summed E-state index contributed by atoms with van der Waals surface area (Å²) >= 11 is 4.98. The van der Waals surface area contributed by atoms with Crippen LogP contribution in [0.25, 0.3) is 0 Å². The van der Waals surface area contributed by atoms with Gasteiger partial charge in [0.15, 0.2) is 0 Å². The van der Waals surface area contributed by atoms with Gasteiger partial charge >= 0.3 is 0 Å². The van der Waals surface area contributed by atoms with E-state index in [1.54, 1.807) is 11.3 Å². The number of halogens is 1. The Morgan fingerprint density at radius 2 is 2.06 bits per heavy atom. The first-order valence-corrected chi connectivity index (χ1v) is 7.34. The summed E-state index contributed by atoms with van der Waals surface area (Å²) in [5.41, 5.74) is 0. The SMILES string of the molecule is O=C(CCOc1ccccc1)Cc1cc(Br)cs1. The first kappa shape index (κ1) is 13.3. The zero-order valence-electron chi connectivity index (χ0n) is 9.77. The number of hydrogen-bond donors (Lipinski definition) is 0. The maximum absolute atomic E-state index is 11.7. The number of benzene rings is 1. The van der Waals surface area contributed by atoms with Crippen LogP contribution in [0, 0.1) is 0 Å². The Morgan fingerprint density at radius 1 is 1.28 bits per heavy atom. The molecule has 0 aliphatic rings. The molecule has 0 spiro atoms. The Kier molecular flexibility index (Phi) is 4.96. The van der Waals surface area contributed by atoms with E-state index in [4.69, 9.17) is 4.74 Å². The molecule has 0 aliphatic heterocycles. The molecule has 0 atom stereocenters. The fourth-order valence-electron chi connectivity index (χ4n) is 1.53. The fourth-order valence-corrected chi connectivity index (χ4v) is 3.01. The van der Waals surface area contributed by atoms with Crippen molar-refractivity contribution in [3.05, 3.63) is 51.1 Å². The molecule has 94 valence electrons. The molecular weight excluding hydrogens is 312 g/mol. The summed E-state index contributed by atoms with van der Waals surface area (Å²) in [4.78, 5) is 12.8. The summed E-state index contributed by atoms with van der Waals surface area (Å²) in [6, 6.07) is 11.5. The van der Waals surface area contributed by atoms with Gasteiger partial charge in [0.25, 0.3) is 0 Å². The number of ether oxygens (including phenoxy) is 1. The monoisotopic (exact) mass is 324 g/mol. The van der Waals surface area contributed by atoms with Gasteiger partial charge in [0.2, 0.25) is 0 Å². The van der Waals surface area contributed by atoms with Gasteiger partial charge in [0.05, 0.1) is 6.61 Å². The summed E-state index contributed by atoms with van der Waals surface area (Å²) in [5, 5.41) is 1.99. The predicted molar refractivity (Wildman–Crippen MR) is 77.3 cm³/mol. The van der Waals surface area contributed by atoms with Crippen molar-refractivity contribution in [3.8, 4) is 5.75 Å². The number of Topliss-reactive ketones (excluding diaryl/α,β-unsaturated/α-hetero) is 1. The molecule has 2 rings (SSSR count). The Hall–Kier alpha value is -1.13. The van der Waals surface area contributed by atoms with E-state index in [1.165, 1.54) is 0 Å². The zero-order chi connectivity index (χ0) is 12.8. The number of ketones is 1. The summed E-state index contributed by atoms with van der Waals surface area (Å²) in [7, 11) is 0. The molecule has 0 saturated carbocycles. The predicted octanol–water partition coefficient (Wildman–Crippen LogP) is 4.09. The lowest BCUT2D eigenvalue weighted by atomic mass is 10.2. The van der Waals surface area contributed by atoms with Gasteiger partial charge in [-0.25, -0.2) is 0 Å². The van der Waals surface area contributed by atoms with Crippen LogP contribution in [0.2, 0.25) is 0 Å². The molecule has 0 amide bonds. The van der Waals surface area contributed by atoms with Crippen LogP contribution < -0.4 is 4.74 Å². The highest BCUT2D eigenvalue weighted by atomic mass is 79.9. The van der Waals surface area contributed by atoms with Crippen molar-refractivity contribution in [2.75, 3.05) is 6.61 Å². The fraction of sp³-hybridized carbons (Fsp3) is 0.214. The van der Waals surface area contributed by atoms with E-state index in [0.29, 0.717) is 19.4 Å². The zero-order valence-corrected chi connectivity index (χ0v) is 12.2. The average Bonchev–Trinajstić information content (AvgIpc) is 2.76. The molecule has 1 aromatic heterocycles. The van der Waals surface area contributed by atoms with Gasteiger partial charge in [-0.15, -0.1) is 11.3 Å². The third kappa shape index (κ3) is 4.27. The van der Waals surface area contributed by atoms with Crippen molar-refractivity contribution in [3.63, 3.8) is 0 Å². The Balaban J connectivity index is 1.72. The molecule has 18 heavy (non-hydrogen) atoms. The largest absolute Gasteiger partial charge is 0.493 e. The summed E-state index contributed by atoms with van der Waals surface area (Å²) in [6.07, 6.45) is 0.943. The van der Waals surface area contributed by atoms with Crippen LogP contribution in [0.15, 0.2) is 46.3 Å². The second-order valence-corrected chi connectivity index (χ2v) is 5.77. The van der Waals surface area contributed by atoms with Crippen molar-refractivity contribution >= 4 is 33.0 Å². The van der Waals surface area contributed by atoms with Crippen LogP contribution in [-0.2, 0) is 11.2 Å². The Bertz CT molecular complexity index is 508. The van der Waals surface area contributed by atoms with Crippen LogP contribution in [0.5, 0.6) is 5.75 Å². The van der Waals surface area contributed by atoms with Crippen LogP contribution in [0.1, 0.15) is 11.3 Å². The maximum Gasteiger partial charge on any atom is 0.141 e. The van der Waals surface area contributed by atoms with E-state index in [1.807, 2.05) is 41.8 Å². The minimum absolute atomic E-state index is 0.209. The second kappa shape index (κ2) is 6.71. The van der Waals surface area contributed by atoms with Crippen LogP contribution in [-0.4, -0.2) is 12.4 Å². The maximum atomic E-state index is 11.7. The molecule has 0 fully saturated rings. The molecule has 0 radical (unpaired) electrons. The van der Waals surface area contributed by atoms with Crippen molar-refractivity contribution in [1.29, 1.82) is 0 Å². The van der Waals surface area contributed by atoms with E-state index in [9.17, 15) is 4.79 Å². The third-order valence-electron chi connectivity index (χ3n) is 2.39. The van der Waals surface area contributed by atoms with Crippen molar-refractivity contribution in [1.82, 2.24) is 0 Å². The number of thiophene rings is 1. The Labute approximate surface area is 119 Å². The Morgan fingerprint density at radius 3 is 2.72 bits per heavy atom. The lowest BCUT2D eigenvalue weighted by Gasteiger charge is -2.04. The molecular formula is C14H13BrO2S. The second-order valence-electron chi connectivity index (χ2n) is 3.86. The number of carbonyl (C=O) groups excluding carboxylic acids is 1. The number of hydrogen-bond acceptors (Lipinski definition) is 3. The van der Waals surface area contributed by atoms with Crippen LogP contribution >= 0.6 is 27.3 Å². The van der Waals surface area contributed by atoms with E-state index in [0.717, 1.165) is 15.1 Å². The van der Waals surface area contributed by atoms with Gasteiger partial charge in [-0.05, 0) is 34.1 Å². The van der Waals surface area contributed by atoms with Crippen molar-refractivity contribution in [2.45, 2.75) is 12.8 Å². The summed E-state index contributed by atoms with van der Waals surface area (Å²) < 4.78 is 6.53. The van der Waals surface area contributed by atoms with Crippen molar-refractivity contribution in [2.24, 2.45) is 0 Å². The summed E-state index contributed by atoms with van der Waals surface area (Å²) in [5.74, 6) is 1.02. The molecule has 1 aromatic carbocycles. The van der Waals surface area contributed by atoms with Crippen LogP contribution in [0.3, 0.4) is 0 Å². The summed E-state index contributed by atoms with van der Waals surface area (Å²) in [6.45, 7) is 0.440. The van der Waals surface area contributed by atoms with Gasteiger partial charge in [0, 0.05) is 27.6 Å². The smallest absolute Gasteiger partial charge is 0.141 e. The van der Waals surface area contributed by atoms with Gasteiger partial charge in [-0.2, -0.15) is 0 Å². The highest BCUT2D eigenvalue weighted by Crippen LogP contribution is 2.20. The lowest BCUT2D eigenvalue weighted by molar-refractivity contribution is -0.118. The van der Waals surface area contributed by atoms with Gasteiger partial charge in [-0.1, -0.05) is 18.2 Å². The molecule has 0 unspecified atom stereocenters. The van der Waals surface area contributed by atoms with Gasteiger partial charge in [0.1, 0.15) is 11.5 Å². The number of carbonyl (C=O) groups is 1. The topological polar surface area (TPSA) is 26.3 Å². The van der Waals surface area contributed by atoms with Gasteiger partial charge in [-0.3, -0.25) is 4.79 Å². The average molecular weight is 325 g/mol. The molecule has 2 aromatic rings. The first-order chi connectivity index (χ1) is 8.74. The molecule has 0 N–H and O–H groups in total. The highest BCUT2D eigenvalue weighted by molar-refractivity contribution is 9.10. The highest BCUT2D eigenvalue weighted by Gasteiger charge is 2.06. The molecule has 4 heteroatoms. The van der Waals surface area contributed by atoms with E-state index < -0.39 is 0 Å².